The van der Waals surface area contributed by atoms with E-state index in [2.05, 4.69) is 5.32 Å². The van der Waals surface area contributed by atoms with Gasteiger partial charge in [0, 0.05) is 12.1 Å². The van der Waals surface area contributed by atoms with Gasteiger partial charge in [0.15, 0.2) is 9.84 Å². The van der Waals surface area contributed by atoms with Crippen LogP contribution in [-0.2, 0) is 9.84 Å². The molecule has 0 fully saturated rings. The zero-order valence-electron chi connectivity index (χ0n) is 10.6. The van der Waals surface area contributed by atoms with Crippen molar-refractivity contribution in [3.05, 3.63) is 29.6 Å². The molecule has 0 saturated carbocycles. The van der Waals surface area contributed by atoms with E-state index in [9.17, 15) is 12.8 Å². The Bertz CT molecular complexity index is 540. The Morgan fingerprint density at radius 2 is 2.11 bits per heavy atom. The van der Waals surface area contributed by atoms with Crippen LogP contribution in [0.5, 0.6) is 0 Å². The van der Waals surface area contributed by atoms with Gasteiger partial charge in [0.2, 0.25) is 0 Å². The molecule has 1 aromatic rings. The summed E-state index contributed by atoms with van der Waals surface area (Å²) in [6.45, 7) is 4.03. The zero-order valence-corrected chi connectivity index (χ0v) is 11.4. The molecule has 0 radical (unpaired) electrons. The summed E-state index contributed by atoms with van der Waals surface area (Å²) in [5.74, 6) is -0.401. The van der Waals surface area contributed by atoms with Crippen LogP contribution in [0, 0.1) is 5.82 Å². The summed E-state index contributed by atoms with van der Waals surface area (Å²) in [6, 6.07) is 4.30. The second-order valence-electron chi connectivity index (χ2n) is 5.02. The van der Waals surface area contributed by atoms with Gasteiger partial charge in [0.1, 0.15) is 5.82 Å². The van der Waals surface area contributed by atoms with E-state index in [0.29, 0.717) is 12.0 Å². The predicted molar refractivity (Wildman–Crippen MR) is 68.7 cm³/mol. The van der Waals surface area contributed by atoms with Crippen molar-refractivity contribution in [3.63, 3.8) is 0 Å². The average Bonchev–Trinajstić information content (AvgIpc) is 2.37. The minimum atomic E-state index is -3.35. The molecule has 0 aromatic heterocycles. The lowest BCUT2D eigenvalue weighted by atomic mass is 10.0. The van der Waals surface area contributed by atoms with Crippen molar-refractivity contribution in [1.82, 2.24) is 5.32 Å². The molecule has 18 heavy (non-hydrogen) atoms. The van der Waals surface area contributed by atoms with E-state index in [1.807, 2.05) is 13.8 Å². The number of hydrogen-bond acceptors (Lipinski definition) is 3. The van der Waals surface area contributed by atoms with Crippen molar-refractivity contribution >= 4 is 9.84 Å². The van der Waals surface area contributed by atoms with Gasteiger partial charge >= 0.3 is 0 Å². The summed E-state index contributed by atoms with van der Waals surface area (Å²) in [4.78, 5) is 0.151. The smallest absolute Gasteiger partial charge is 0.178 e. The third-order valence-corrected chi connectivity index (χ3v) is 4.98. The van der Waals surface area contributed by atoms with Crippen LogP contribution in [0.1, 0.15) is 38.3 Å². The molecule has 0 aliphatic carbocycles. The SMILES string of the molecule is CC(C)NC1CCCS(=O)(=O)c2cc(F)ccc21. The van der Waals surface area contributed by atoms with Crippen molar-refractivity contribution in [2.24, 2.45) is 0 Å². The van der Waals surface area contributed by atoms with E-state index in [4.69, 9.17) is 0 Å². The normalized spacial score (nSPS) is 22.6. The van der Waals surface area contributed by atoms with Crippen molar-refractivity contribution < 1.29 is 12.8 Å². The Balaban J connectivity index is 2.52. The van der Waals surface area contributed by atoms with Gasteiger partial charge in [0.05, 0.1) is 10.6 Å². The van der Waals surface area contributed by atoms with Crippen molar-refractivity contribution in [1.29, 1.82) is 0 Å². The quantitative estimate of drug-likeness (QED) is 0.898. The molecule has 0 amide bonds. The Hall–Kier alpha value is -0.940. The third kappa shape index (κ3) is 2.72. The first kappa shape index (κ1) is 13.5. The Morgan fingerprint density at radius 3 is 2.78 bits per heavy atom. The summed E-state index contributed by atoms with van der Waals surface area (Å²) < 4.78 is 37.4. The summed E-state index contributed by atoms with van der Waals surface area (Å²) in [5, 5.41) is 3.35. The van der Waals surface area contributed by atoms with Gasteiger partial charge in [0.25, 0.3) is 0 Å². The van der Waals surface area contributed by atoms with Crippen LogP contribution < -0.4 is 5.32 Å². The molecule has 5 heteroatoms. The first-order chi connectivity index (χ1) is 8.40. The molecule has 0 bridgehead atoms. The molecule has 1 aromatic carbocycles. The lowest BCUT2D eigenvalue weighted by Gasteiger charge is -2.21. The molecule has 1 atom stereocenters. The second-order valence-corrected chi connectivity index (χ2v) is 7.09. The second kappa shape index (κ2) is 4.97. The number of nitrogens with one attached hydrogen (secondary N) is 1. The van der Waals surface area contributed by atoms with E-state index in [1.54, 1.807) is 6.07 Å². The molecular weight excluding hydrogens is 253 g/mol. The lowest BCUT2D eigenvalue weighted by Crippen LogP contribution is -2.28. The van der Waals surface area contributed by atoms with Gasteiger partial charge in [-0.25, -0.2) is 12.8 Å². The van der Waals surface area contributed by atoms with Crippen molar-refractivity contribution in [2.75, 3.05) is 5.75 Å². The van der Waals surface area contributed by atoms with Crippen molar-refractivity contribution in [2.45, 2.75) is 43.7 Å². The fourth-order valence-corrected chi connectivity index (χ4v) is 4.01. The molecule has 2 rings (SSSR count). The summed E-state index contributed by atoms with van der Waals surface area (Å²) in [5.41, 5.74) is 0.697. The predicted octanol–water partition coefficient (Wildman–Crippen LogP) is 2.43. The molecule has 3 nitrogen and oxygen atoms in total. The van der Waals surface area contributed by atoms with Crippen LogP contribution in [0.15, 0.2) is 23.1 Å². The van der Waals surface area contributed by atoms with Crippen LogP contribution in [0.3, 0.4) is 0 Å². The molecule has 1 unspecified atom stereocenters. The largest absolute Gasteiger partial charge is 0.308 e. The molecule has 1 aliphatic rings. The standard InChI is InChI=1S/C13H18FNO2S/c1-9(2)15-12-4-3-7-18(16,17)13-8-10(14)5-6-11(12)13/h5-6,8-9,12,15H,3-4,7H2,1-2H3. The lowest BCUT2D eigenvalue weighted by molar-refractivity contribution is 0.447. The number of benzene rings is 1. The maximum atomic E-state index is 13.3. The van der Waals surface area contributed by atoms with Gasteiger partial charge in [-0.05, 0) is 30.5 Å². The number of sulfone groups is 1. The van der Waals surface area contributed by atoms with Crippen molar-refractivity contribution in [3.8, 4) is 0 Å². The first-order valence-electron chi connectivity index (χ1n) is 6.18. The number of rotatable bonds is 2. The highest BCUT2D eigenvalue weighted by Gasteiger charge is 2.28. The Kier molecular flexibility index (Phi) is 3.73. The van der Waals surface area contributed by atoms with Gasteiger partial charge in [-0.1, -0.05) is 19.9 Å². The maximum Gasteiger partial charge on any atom is 0.178 e. The molecule has 1 aliphatic heterocycles. The third-order valence-electron chi connectivity index (χ3n) is 3.13. The van der Waals surface area contributed by atoms with E-state index in [0.717, 1.165) is 12.5 Å². The fourth-order valence-electron chi connectivity index (χ4n) is 2.38. The molecular formula is C13H18FNO2S. The van der Waals surface area contributed by atoms with Crippen LogP contribution in [-0.4, -0.2) is 20.2 Å². The fraction of sp³-hybridized carbons (Fsp3) is 0.538. The zero-order chi connectivity index (χ0) is 13.3. The van der Waals surface area contributed by atoms with Crippen LogP contribution in [0.2, 0.25) is 0 Å². The minimum Gasteiger partial charge on any atom is -0.308 e. The molecule has 0 spiro atoms. The van der Waals surface area contributed by atoms with Gasteiger partial charge < -0.3 is 5.32 Å². The van der Waals surface area contributed by atoms with E-state index >= 15 is 0 Å². The topological polar surface area (TPSA) is 46.2 Å². The average molecular weight is 271 g/mol. The van der Waals surface area contributed by atoms with E-state index in [1.165, 1.54) is 6.07 Å². The highest BCUT2D eigenvalue weighted by Crippen LogP contribution is 2.31. The molecule has 1 heterocycles. The van der Waals surface area contributed by atoms with Gasteiger partial charge in [-0.2, -0.15) is 0 Å². The Labute approximate surface area is 107 Å². The van der Waals surface area contributed by atoms with Crippen LogP contribution in [0.25, 0.3) is 0 Å². The molecule has 1 N–H and O–H groups in total. The van der Waals surface area contributed by atoms with Gasteiger partial charge in [-0.3, -0.25) is 0 Å². The molecule has 0 saturated heterocycles. The highest BCUT2D eigenvalue weighted by molar-refractivity contribution is 7.91. The summed E-state index contributed by atoms with van der Waals surface area (Å²) in [7, 11) is -3.35. The van der Waals surface area contributed by atoms with E-state index in [-0.39, 0.29) is 22.7 Å². The van der Waals surface area contributed by atoms with E-state index < -0.39 is 15.7 Å². The number of hydrogen-bond donors (Lipinski definition) is 1. The summed E-state index contributed by atoms with van der Waals surface area (Å²) >= 11 is 0. The first-order valence-corrected chi connectivity index (χ1v) is 7.83. The maximum absolute atomic E-state index is 13.3. The minimum absolute atomic E-state index is 0.0159. The molecule has 100 valence electrons. The Morgan fingerprint density at radius 1 is 1.39 bits per heavy atom. The van der Waals surface area contributed by atoms with Crippen LogP contribution in [0.4, 0.5) is 4.39 Å². The monoisotopic (exact) mass is 271 g/mol. The summed E-state index contributed by atoms with van der Waals surface area (Å²) in [6.07, 6.45) is 1.36. The number of halogens is 1. The van der Waals surface area contributed by atoms with Crippen LogP contribution >= 0.6 is 0 Å². The highest BCUT2D eigenvalue weighted by atomic mass is 32.2. The number of fused-ring (bicyclic) bond motifs is 1. The van der Waals surface area contributed by atoms with Gasteiger partial charge in [-0.15, -0.1) is 0 Å².